The molecule has 0 radical (unpaired) electrons. The van der Waals surface area contributed by atoms with E-state index in [9.17, 15) is 18.4 Å². The second-order valence-corrected chi connectivity index (χ2v) is 8.21. The smallest absolute Gasteiger partial charge is 0.387 e. The molecule has 4 rings (SSSR count). The second kappa shape index (κ2) is 11.5. The lowest BCUT2D eigenvalue weighted by Crippen LogP contribution is -2.36. The first-order chi connectivity index (χ1) is 17.9. The molecule has 1 atom stereocenters. The Morgan fingerprint density at radius 2 is 1.86 bits per heavy atom. The molecule has 1 aliphatic heterocycles. The summed E-state index contributed by atoms with van der Waals surface area (Å²) in [4.78, 5) is 32.9. The predicted octanol–water partition coefficient (Wildman–Crippen LogP) is 4.50. The highest BCUT2D eigenvalue weighted by molar-refractivity contribution is 6.06. The number of alkyl halides is 2. The summed E-state index contributed by atoms with van der Waals surface area (Å²) in [6.45, 7) is -0.868. The largest absolute Gasteiger partial charge is 0.493 e. The highest BCUT2D eigenvalue weighted by Crippen LogP contribution is 2.33. The molecule has 2 heterocycles. The quantitative estimate of drug-likeness (QED) is 0.455. The molecule has 1 aromatic heterocycles. The number of benzene rings is 2. The first kappa shape index (κ1) is 25.7. The van der Waals surface area contributed by atoms with E-state index in [1.807, 2.05) is 6.92 Å². The van der Waals surface area contributed by atoms with Gasteiger partial charge in [-0.1, -0.05) is 19.1 Å². The molecule has 0 aliphatic carbocycles. The third kappa shape index (κ3) is 6.24. The van der Waals surface area contributed by atoms with E-state index in [0.717, 1.165) is 5.56 Å². The molecular formula is C26H25F2N5O4. The molecule has 1 unspecified atom stereocenters. The van der Waals surface area contributed by atoms with Crippen molar-refractivity contribution in [1.82, 2.24) is 15.0 Å². The van der Waals surface area contributed by atoms with Gasteiger partial charge in [-0.15, -0.1) is 0 Å². The summed E-state index contributed by atoms with van der Waals surface area (Å²) in [6.07, 6.45) is 3.85. The van der Waals surface area contributed by atoms with E-state index < -0.39 is 12.5 Å². The Kier molecular flexibility index (Phi) is 8.02. The van der Waals surface area contributed by atoms with Crippen molar-refractivity contribution in [2.45, 2.75) is 32.9 Å². The molecule has 1 N–H and O–H groups in total. The number of aromatic nitrogens is 2. The Morgan fingerprint density at radius 1 is 1.14 bits per heavy atom. The summed E-state index contributed by atoms with van der Waals surface area (Å²) >= 11 is 0. The van der Waals surface area contributed by atoms with Crippen LogP contribution in [0.1, 0.15) is 41.5 Å². The number of methoxy groups -OCH3 is 1. The van der Waals surface area contributed by atoms with E-state index in [1.54, 1.807) is 36.4 Å². The monoisotopic (exact) mass is 509 g/mol. The number of anilines is 1. The van der Waals surface area contributed by atoms with E-state index in [1.165, 1.54) is 36.6 Å². The number of hydrogen-bond donors (Lipinski definition) is 1. The van der Waals surface area contributed by atoms with Crippen LogP contribution < -0.4 is 14.8 Å². The number of ether oxygens (including phenoxy) is 2. The van der Waals surface area contributed by atoms with E-state index >= 15 is 0 Å². The Bertz CT molecular complexity index is 1290. The average molecular weight is 510 g/mol. The number of carbonyl (C=O) groups is 2. The number of amides is 2. The van der Waals surface area contributed by atoms with Gasteiger partial charge in [0, 0.05) is 36.0 Å². The molecule has 0 spiro atoms. The van der Waals surface area contributed by atoms with Crippen LogP contribution in [0.15, 0.2) is 66.0 Å². The lowest BCUT2D eigenvalue weighted by atomic mass is 9.89. The number of halogens is 2. The molecule has 3 aromatic rings. The van der Waals surface area contributed by atoms with Gasteiger partial charge in [0.25, 0.3) is 5.91 Å². The lowest BCUT2D eigenvalue weighted by Gasteiger charge is -2.29. The SMILES string of the molecule is CCC1CC(=O)N(Cc2ccc(NC(=O)c3ncccn3)cc2)N=C1c1ccc(OC)c(OC(F)F)c1. The topological polar surface area (TPSA) is 106 Å². The molecule has 2 aromatic carbocycles. The molecular weight excluding hydrogens is 484 g/mol. The zero-order chi connectivity index (χ0) is 26.4. The molecule has 0 fully saturated rings. The van der Waals surface area contributed by atoms with Gasteiger partial charge in [0.1, 0.15) is 0 Å². The zero-order valence-corrected chi connectivity index (χ0v) is 20.2. The number of rotatable bonds is 9. The van der Waals surface area contributed by atoms with Crippen LogP contribution in [0.4, 0.5) is 14.5 Å². The Balaban J connectivity index is 1.53. The fourth-order valence-electron chi connectivity index (χ4n) is 3.93. The van der Waals surface area contributed by atoms with Crippen molar-refractivity contribution in [3.8, 4) is 11.5 Å². The van der Waals surface area contributed by atoms with Gasteiger partial charge < -0.3 is 14.8 Å². The van der Waals surface area contributed by atoms with Gasteiger partial charge in [0.15, 0.2) is 11.5 Å². The highest BCUT2D eigenvalue weighted by Gasteiger charge is 2.30. The molecule has 2 amide bonds. The van der Waals surface area contributed by atoms with Gasteiger partial charge >= 0.3 is 6.61 Å². The number of nitrogens with one attached hydrogen (secondary N) is 1. The normalized spacial score (nSPS) is 15.4. The van der Waals surface area contributed by atoms with Crippen molar-refractivity contribution in [3.63, 3.8) is 0 Å². The van der Waals surface area contributed by atoms with Crippen LogP contribution in [0.5, 0.6) is 11.5 Å². The van der Waals surface area contributed by atoms with Crippen molar-refractivity contribution in [2.75, 3.05) is 12.4 Å². The number of hydrogen-bond acceptors (Lipinski definition) is 7. The minimum Gasteiger partial charge on any atom is -0.493 e. The molecule has 0 saturated carbocycles. The summed E-state index contributed by atoms with van der Waals surface area (Å²) in [5.41, 5.74) is 2.51. The summed E-state index contributed by atoms with van der Waals surface area (Å²) < 4.78 is 35.5. The third-order valence-corrected chi connectivity index (χ3v) is 5.81. The van der Waals surface area contributed by atoms with Crippen LogP contribution in [0, 0.1) is 5.92 Å². The van der Waals surface area contributed by atoms with E-state index in [4.69, 9.17) is 4.74 Å². The van der Waals surface area contributed by atoms with Crippen LogP contribution in [-0.2, 0) is 11.3 Å². The lowest BCUT2D eigenvalue weighted by molar-refractivity contribution is -0.133. The van der Waals surface area contributed by atoms with Crippen molar-refractivity contribution in [1.29, 1.82) is 0 Å². The van der Waals surface area contributed by atoms with Gasteiger partial charge in [-0.2, -0.15) is 13.9 Å². The van der Waals surface area contributed by atoms with Crippen molar-refractivity contribution < 1.29 is 27.8 Å². The number of nitrogens with zero attached hydrogens (tertiary/aromatic N) is 4. The maximum atomic E-state index is 12.9. The van der Waals surface area contributed by atoms with Gasteiger partial charge in [-0.25, -0.2) is 15.0 Å². The standard InChI is InChI=1S/C26H25F2N5O4/c1-3-17-14-22(34)33(32-23(17)18-7-10-20(36-2)21(13-18)37-26(27)28)15-16-5-8-19(9-6-16)31-25(35)24-29-11-4-12-30-24/h4-13,17,26H,3,14-15H2,1-2H3,(H,31,35). The Morgan fingerprint density at radius 3 is 2.51 bits per heavy atom. The summed E-state index contributed by atoms with van der Waals surface area (Å²) in [7, 11) is 1.37. The van der Waals surface area contributed by atoms with Crippen LogP contribution in [0.3, 0.4) is 0 Å². The minimum atomic E-state index is -3.01. The summed E-state index contributed by atoms with van der Waals surface area (Å²) in [5, 5.41) is 8.68. The number of hydrazone groups is 1. The molecule has 0 saturated heterocycles. The van der Waals surface area contributed by atoms with E-state index in [2.05, 4.69) is 25.1 Å². The molecule has 192 valence electrons. The first-order valence-corrected chi connectivity index (χ1v) is 11.6. The average Bonchev–Trinajstić information content (AvgIpc) is 2.90. The second-order valence-electron chi connectivity index (χ2n) is 8.21. The third-order valence-electron chi connectivity index (χ3n) is 5.81. The summed E-state index contributed by atoms with van der Waals surface area (Å²) in [6, 6.07) is 13.3. The molecule has 9 nitrogen and oxygen atoms in total. The molecule has 37 heavy (non-hydrogen) atoms. The van der Waals surface area contributed by atoms with Crippen LogP contribution in [0.25, 0.3) is 0 Å². The Hall–Kier alpha value is -4.41. The van der Waals surface area contributed by atoms with E-state index in [0.29, 0.717) is 23.4 Å². The molecule has 0 bridgehead atoms. The van der Waals surface area contributed by atoms with Gasteiger partial charge in [-0.05, 0) is 48.4 Å². The zero-order valence-electron chi connectivity index (χ0n) is 20.2. The van der Waals surface area contributed by atoms with Crippen LogP contribution in [-0.4, -0.2) is 46.2 Å². The van der Waals surface area contributed by atoms with Gasteiger partial charge in [-0.3, -0.25) is 9.59 Å². The van der Waals surface area contributed by atoms with Crippen LogP contribution in [0.2, 0.25) is 0 Å². The molecule has 11 heteroatoms. The minimum absolute atomic E-state index is 0.0541. The van der Waals surface area contributed by atoms with Crippen molar-refractivity contribution >= 4 is 23.2 Å². The first-order valence-electron chi connectivity index (χ1n) is 11.6. The van der Waals surface area contributed by atoms with E-state index in [-0.39, 0.29) is 42.1 Å². The Labute approximate surface area is 212 Å². The maximum Gasteiger partial charge on any atom is 0.387 e. The highest BCUT2D eigenvalue weighted by atomic mass is 19.3. The predicted molar refractivity (Wildman–Crippen MR) is 132 cm³/mol. The van der Waals surface area contributed by atoms with Crippen molar-refractivity contribution in [3.05, 3.63) is 77.9 Å². The van der Waals surface area contributed by atoms with Gasteiger partial charge in [0.2, 0.25) is 11.7 Å². The van der Waals surface area contributed by atoms with Crippen LogP contribution >= 0.6 is 0 Å². The number of carbonyl (C=O) groups excluding carboxylic acids is 2. The van der Waals surface area contributed by atoms with Crippen molar-refractivity contribution in [2.24, 2.45) is 11.0 Å². The van der Waals surface area contributed by atoms with Gasteiger partial charge in [0.05, 0.1) is 19.4 Å². The summed E-state index contributed by atoms with van der Waals surface area (Å²) in [5.74, 6) is -0.629. The fourth-order valence-corrected chi connectivity index (χ4v) is 3.93. The fraction of sp³-hybridized carbons (Fsp3) is 0.269. The maximum absolute atomic E-state index is 12.9. The molecule has 1 aliphatic rings.